The van der Waals surface area contributed by atoms with Crippen LogP contribution in [0.15, 0.2) is 4.52 Å². The van der Waals surface area contributed by atoms with Crippen LogP contribution in [0.1, 0.15) is 44.4 Å². The maximum atomic E-state index is 11.1. The Kier molecular flexibility index (Phi) is 3.22. The molecule has 1 aliphatic rings. The lowest BCUT2D eigenvalue weighted by atomic mass is 9.88. The molecule has 1 aromatic heterocycles. The molecule has 1 saturated carbocycles. The summed E-state index contributed by atoms with van der Waals surface area (Å²) in [5.74, 6) is 1.93. The van der Waals surface area contributed by atoms with Gasteiger partial charge in [-0.05, 0) is 24.9 Å². The van der Waals surface area contributed by atoms with Crippen LogP contribution in [0.25, 0.3) is 0 Å². The molecule has 0 saturated heterocycles. The van der Waals surface area contributed by atoms with Crippen molar-refractivity contribution in [3.8, 4) is 0 Å². The molecule has 88 valence electrons. The predicted octanol–water partition coefficient (Wildman–Crippen LogP) is 1.75. The van der Waals surface area contributed by atoms with Crippen LogP contribution in [-0.4, -0.2) is 29.5 Å². The Balaban J connectivity index is 2.04. The molecule has 5 heteroatoms. The summed E-state index contributed by atoms with van der Waals surface area (Å²) in [6, 6.07) is 0. The molecule has 1 fully saturated rings. The minimum Gasteiger partial charge on any atom is -0.342 e. The summed E-state index contributed by atoms with van der Waals surface area (Å²) < 4.78 is 5.25. The average Bonchev–Trinajstić information content (AvgIpc) is 2.78. The van der Waals surface area contributed by atoms with E-state index in [9.17, 15) is 4.79 Å². The lowest BCUT2D eigenvalue weighted by molar-refractivity contribution is -0.120. The van der Waals surface area contributed by atoms with Gasteiger partial charge in [0, 0.05) is 32.4 Å². The highest BCUT2D eigenvalue weighted by Crippen LogP contribution is 2.30. The standard InChI is InChI=1S/C11H17N3O2/c1-3-14(2)11-12-10(16-13-11)8-4-6-9(15)7-5-8/h8H,3-7H2,1-2H3. The molecule has 1 aromatic rings. The summed E-state index contributed by atoms with van der Waals surface area (Å²) in [6.45, 7) is 2.89. The first kappa shape index (κ1) is 11.1. The van der Waals surface area contributed by atoms with Crippen LogP contribution in [-0.2, 0) is 4.79 Å². The zero-order valence-corrected chi connectivity index (χ0v) is 9.77. The third kappa shape index (κ3) is 2.23. The van der Waals surface area contributed by atoms with Crippen LogP contribution in [0.5, 0.6) is 0 Å². The Morgan fingerprint density at radius 2 is 2.12 bits per heavy atom. The second-order valence-electron chi connectivity index (χ2n) is 4.26. The van der Waals surface area contributed by atoms with E-state index in [0.717, 1.165) is 19.4 Å². The third-order valence-corrected chi connectivity index (χ3v) is 3.14. The number of hydrogen-bond donors (Lipinski definition) is 0. The highest BCUT2D eigenvalue weighted by Gasteiger charge is 2.25. The molecule has 0 N–H and O–H groups in total. The Morgan fingerprint density at radius 3 is 2.75 bits per heavy atom. The van der Waals surface area contributed by atoms with Crippen molar-refractivity contribution < 1.29 is 9.32 Å². The fourth-order valence-electron chi connectivity index (χ4n) is 1.88. The van der Waals surface area contributed by atoms with Crippen molar-refractivity contribution in [2.75, 3.05) is 18.5 Å². The molecule has 0 spiro atoms. The van der Waals surface area contributed by atoms with Gasteiger partial charge in [-0.15, -0.1) is 0 Å². The summed E-state index contributed by atoms with van der Waals surface area (Å²) >= 11 is 0. The number of nitrogens with zero attached hydrogens (tertiary/aromatic N) is 3. The van der Waals surface area contributed by atoms with Crippen LogP contribution in [0.3, 0.4) is 0 Å². The monoisotopic (exact) mass is 223 g/mol. The Morgan fingerprint density at radius 1 is 1.44 bits per heavy atom. The van der Waals surface area contributed by atoms with Crippen molar-refractivity contribution in [2.45, 2.75) is 38.5 Å². The summed E-state index contributed by atoms with van der Waals surface area (Å²) in [4.78, 5) is 17.4. The largest absolute Gasteiger partial charge is 0.342 e. The molecule has 16 heavy (non-hydrogen) atoms. The van der Waals surface area contributed by atoms with E-state index in [1.807, 2.05) is 18.9 Å². The molecule has 1 heterocycles. The quantitative estimate of drug-likeness (QED) is 0.781. The van der Waals surface area contributed by atoms with Crippen LogP contribution in [0.2, 0.25) is 0 Å². The third-order valence-electron chi connectivity index (χ3n) is 3.14. The lowest BCUT2D eigenvalue weighted by Crippen LogP contribution is -2.17. The fraction of sp³-hybridized carbons (Fsp3) is 0.727. The number of aromatic nitrogens is 2. The van der Waals surface area contributed by atoms with Gasteiger partial charge in [-0.2, -0.15) is 4.98 Å². The zero-order valence-electron chi connectivity index (χ0n) is 9.77. The normalized spacial score (nSPS) is 17.8. The van der Waals surface area contributed by atoms with Crippen molar-refractivity contribution in [3.63, 3.8) is 0 Å². The topological polar surface area (TPSA) is 59.2 Å². The van der Waals surface area contributed by atoms with E-state index in [1.54, 1.807) is 0 Å². The number of carbonyl (C=O) groups is 1. The summed E-state index contributed by atoms with van der Waals surface area (Å²) in [5.41, 5.74) is 0. The van der Waals surface area contributed by atoms with Gasteiger partial charge in [-0.3, -0.25) is 4.79 Å². The fourth-order valence-corrected chi connectivity index (χ4v) is 1.88. The van der Waals surface area contributed by atoms with E-state index in [0.29, 0.717) is 30.5 Å². The van der Waals surface area contributed by atoms with Gasteiger partial charge >= 0.3 is 0 Å². The second kappa shape index (κ2) is 4.63. The van der Waals surface area contributed by atoms with Crippen molar-refractivity contribution in [2.24, 2.45) is 0 Å². The van der Waals surface area contributed by atoms with Gasteiger partial charge in [0.2, 0.25) is 5.89 Å². The molecule has 0 unspecified atom stereocenters. The first-order chi connectivity index (χ1) is 7.70. The van der Waals surface area contributed by atoms with E-state index in [4.69, 9.17) is 4.52 Å². The van der Waals surface area contributed by atoms with Gasteiger partial charge in [-0.25, -0.2) is 0 Å². The SMILES string of the molecule is CCN(C)c1noc(C2CCC(=O)CC2)n1. The molecular formula is C11H17N3O2. The van der Waals surface area contributed by atoms with Gasteiger partial charge in [0.1, 0.15) is 5.78 Å². The molecule has 0 aromatic carbocycles. The minimum absolute atomic E-state index is 0.268. The van der Waals surface area contributed by atoms with E-state index in [-0.39, 0.29) is 5.92 Å². The maximum absolute atomic E-state index is 11.1. The molecule has 1 aliphatic carbocycles. The minimum atomic E-state index is 0.268. The highest BCUT2D eigenvalue weighted by molar-refractivity contribution is 5.79. The van der Waals surface area contributed by atoms with Crippen molar-refractivity contribution >= 4 is 11.7 Å². The number of rotatable bonds is 3. The first-order valence-corrected chi connectivity index (χ1v) is 5.77. The molecule has 0 amide bonds. The van der Waals surface area contributed by atoms with E-state index >= 15 is 0 Å². The van der Waals surface area contributed by atoms with Crippen LogP contribution in [0, 0.1) is 0 Å². The smallest absolute Gasteiger partial charge is 0.265 e. The molecule has 0 radical (unpaired) electrons. The van der Waals surface area contributed by atoms with Gasteiger partial charge in [-0.1, -0.05) is 0 Å². The van der Waals surface area contributed by atoms with E-state index < -0.39 is 0 Å². The Labute approximate surface area is 94.8 Å². The highest BCUT2D eigenvalue weighted by atomic mass is 16.5. The number of carbonyl (C=O) groups excluding carboxylic acids is 1. The first-order valence-electron chi connectivity index (χ1n) is 5.77. The number of ketones is 1. The molecule has 0 aliphatic heterocycles. The lowest BCUT2D eigenvalue weighted by Gasteiger charge is -2.16. The molecule has 0 atom stereocenters. The van der Waals surface area contributed by atoms with Gasteiger partial charge in [0.15, 0.2) is 0 Å². The van der Waals surface area contributed by atoms with Gasteiger partial charge in [0.05, 0.1) is 0 Å². The zero-order chi connectivity index (χ0) is 11.5. The summed E-state index contributed by atoms with van der Waals surface area (Å²) in [5, 5.41) is 3.94. The molecule has 0 bridgehead atoms. The summed E-state index contributed by atoms with van der Waals surface area (Å²) in [6.07, 6.45) is 2.98. The number of Topliss-reactive ketones (excluding diaryl/α,β-unsaturated/α-hetero) is 1. The van der Waals surface area contributed by atoms with Crippen LogP contribution < -0.4 is 4.90 Å². The average molecular weight is 223 g/mol. The van der Waals surface area contributed by atoms with Crippen molar-refractivity contribution in [1.82, 2.24) is 10.1 Å². The Bertz CT molecular complexity index is 365. The van der Waals surface area contributed by atoms with E-state index in [2.05, 4.69) is 10.1 Å². The second-order valence-corrected chi connectivity index (χ2v) is 4.26. The van der Waals surface area contributed by atoms with Crippen molar-refractivity contribution in [3.05, 3.63) is 5.89 Å². The van der Waals surface area contributed by atoms with Crippen LogP contribution in [0.4, 0.5) is 5.95 Å². The summed E-state index contributed by atoms with van der Waals surface area (Å²) in [7, 11) is 1.93. The van der Waals surface area contributed by atoms with Crippen molar-refractivity contribution in [1.29, 1.82) is 0 Å². The van der Waals surface area contributed by atoms with Gasteiger partial charge < -0.3 is 9.42 Å². The molecule has 5 nitrogen and oxygen atoms in total. The van der Waals surface area contributed by atoms with Crippen LogP contribution >= 0.6 is 0 Å². The van der Waals surface area contributed by atoms with Gasteiger partial charge in [0.25, 0.3) is 5.95 Å². The predicted molar refractivity (Wildman–Crippen MR) is 59.5 cm³/mol. The van der Waals surface area contributed by atoms with E-state index in [1.165, 1.54) is 0 Å². The number of anilines is 1. The number of hydrogen-bond acceptors (Lipinski definition) is 5. The molecular weight excluding hydrogens is 206 g/mol. The molecule has 2 rings (SSSR count). The maximum Gasteiger partial charge on any atom is 0.265 e. The Hall–Kier alpha value is -1.39.